The van der Waals surface area contributed by atoms with Crippen LogP contribution in [0.4, 0.5) is 0 Å². The van der Waals surface area contributed by atoms with Crippen LogP contribution < -0.4 is 11.1 Å². The summed E-state index contributed by atoms with van der Waals surface area (Å²) in [6, 6.07) is -0.525. The summed E-state index contributed by atoms with van der Waals surface area (Å²) in [6.07, 6.45) is 2.02. The van der Waals surface area contributed by atoms with E-state index in [0.29, 0.717) is 6.42 Å². The van der Waals surface area contributed by atoms with Gasteiger partial charge in [0.05, 0.1) is 17.9 Å². The highest BCUT2D eigenvalue weighted by Crippen LogP contribution is 2.01. The summed E-state index contributed by atoms with van der Waals surface area (Å²) in [4.78, 5) is 13.7. The van der Waals surface area contributed by atoms with Crippen molar-refractivity contribution in [3.05, 3.63) is 11.9 Å². The molecule has 7 nitrogen and oxygen atoms in total. The number of H-pyrrole nitrogens is 1. The van der Waals surface area contributed by atoms with E-state index in [-0.39, 0.29) is 5.91 Å². The zero-order valence-corrected chi connectivity index (χ0v) is 9.02. The second kappa shape index (κ2) is 5.04. The van der Waals surface area contributed by atoms with Crippen LogP contribution in [0.3, 0.4) is 0 Å². The van der Waals surface area contributed by atoms with E-state index in [9.17, 15) is 4.79 Å². The van der Waals surface area contributed by atoms with Crippen LogP contribution in [-0.2, 0) is 11.2 Å². The van der Waals surface area contributed by atoms with Crippen LogP contribution in [0.15, 0.2) is 6.20 Å². The highest BCUT2D eigenvalue weighted by molar-refractivity contribution is 5.82. The van der Waals surface area contributed by atoms with Crippen molar-refractivity contribution in [3.8, 4) is 0 Å². The number of nitrogens with zero attached hydrogens (tertiary/aromatic N) is 3. The van der Waals surface area contributed by atoms with Crippen LogP contribution >= 0.6 is 0 Å². The average Bonchev–Trinajstić information content (AvgIpc) is 2.82. The first-order valence-corrected chi connectivity index (χ1v) is 5.37. The summed E-state index contributed by atoms with van der Waals surface area (Å²) in [7, 11) is 0. The molecule has 1 saturated heterocycles. The zero-order chi connectivity index (χ0) is 11.4. The third kappa shape index (κ3) is 2.56. The molecule has 7 heteroatoms. The van der Waals surface area contributed by atoms with Crippen molar-refractivity contribution in [2.24, 2.45) is 5.73 Å². The lowest BCUT2D eigenvalue weighted by atomic mass is 10.1. The monoisotopic (exact) mass is 224 g/mol. The number of rotatable bonds is 3. The topological polar surface area (TPSA) is 99.9 Å². The van der Waals surface area contributed by atoms with Crippen LogP contribution in [0.2, 0.25) is 0 Å². The third-order valence-electron chi connectivity index (χ3n) is 2.64. The number of amides is 1. The molecular formula is C9H16N6O. The fraction of sp³-hybridized carbons (Fsp3) is 0.667. The maximum atomic E-state index is 11.9. The Balaban J connectivity index is 1.88. The van der Waals surface area contributed by atoms with Crippen molar-refractivity contribution < 1.29 is 4.79 Å². The Bertz CT molecular complexity index is 332. The van der Waals surface area contributed by atoms with Crippen molar-refractivity contribution in [1.29, 1.82) is 0 Å². The van der Waals surface area contributed by atoms with Gasteiger partial charge in [0.2, 0.25) is 5.91 Å². The molecule has 1 aliphatic heterocycles. The van der Waals surface area contributed by atoms with Crippen molar-refractivity contribution in [3.63, 3.8) is 0 Å². The van der Waals surface area contributed by atoms with E-state index in [4.69, 9.17) is 5.73 Å². The molecule has 88 valence electrons. The Kier molecular flexibility index (Phi) is 3.47. The van der Waals surface area contributed by atoms with Gasteiger partial charge in [-0.2, -0.15) is 15.4 Å². The first-order valence-electron chi connectivity index (χ1n) is 5.37. The van der Waals surface area contributed by atoms with Crippen LogP contribution in [0.5, 0.6) is 0 Å². The molecule has 0 aromatic carbocycles. The molecule has 2 rings (SSSR count). The van der Waals surface area contributed by atoms with E-state index >= 15 is 0 Å². The molecule has 0 aliphatic carbocycles. The molecular weight excluding hydrogens is 208 g/mol. The first kappa shape index (κ1) is 11.0. The molecule has 0 saturated carbocycles. The lowest BCUT2D eigenvalue weighted by Crippen LogP contribution is -2.52. The molecule has 16 heavy (non-hydrogen) atoms. The lowest BCUT2D eigenvalue weighted by Gasteiger charge is -2.29. The second-order valence-electron chi connectivity index (χ2n) is 3.85. The molecule has 0 spiro atoms. The van der Waals surface area contributed by atoms with Gasteiger partial charge >= 0.3 is 0 Å². The molecule has 4 N–H and O–H groups in total. The molecule has 1 aromatic rings. The van der Waals surface area contributed by atoms with Crippen LogP contribution in [0, 0.1) is 0 Å². The van der Waals surface area contributed by atoms with Gasteiger partial charge in [0, 0.05) is 32.6 Å². The molecule has 1 atom stereocenters. The second-order valence-corrected chi connectivity index (χ2v) is 3.85. The van der Waals surface area contributed by atoms with Gasteiger partial charge in [0.25, 0.3) is 0 Å². The predicted octanol–water partition coefficient (Wildman–Crippen LogP) is -1.89. The molecule has 0 radical (unpaired) electrons. The van der Waals surface area contributed by atoms with Gasteiger partial charge in [0.15, 0.2) is 0 Å². The average molecular weight is 224 g/mol. The highest BCUT2D eigenvalue weighted by Gasteiger charge is 2.23. The molecule has 1 fully saturated rings. The largest absolute Gasteiger partial charge is 0.339 e. The summed E-state index contributed by atoms with van der Waals surface area (Å²) >= 11 is 0. The highest BCUT2D eigenvalue weighted by atomic mass is 16.2. The van der Waals surface area contributed by atoms with E-state index in [0.717, 1.165) is 31.9 Å². The van der Waals surface area contributed by atoms with Gasteiger partial charge in [-0.1, -0.05) is 0 Å². The van der Waals surface area contributed by atoms with Crippen molar-refractivity contribution in [2.45, 2.75) is 12.5 Å². The summed E-state index contributed by atoms with van der Waals surface area (Å²) < 4.78 is 0. The maximum absolute atomic E-state index is 11.9. The third-order valence-corrected chi connectivity index (χ3v) is 2.64. The number of aromatic amines is 1. The number of piperazine rings is 1. The van der Waals surface area contributed by atoms with E-state index in [1.54, 1.807) is 11.1 Å². The number of nitrogens with one attached hydrogen (secondary N) is 2. The van der Waals surface area contributed by atoms with Crippen molar-refractivity contribution in [1.82, 2.24) is 25.6 Å². The van der Waals surface area contributed by atoms with Crippen LogP contribution in [0.1, 0.15) is 5.69 Å². The van der Waals surface area contributed by atoms with Gasteiger partial charge in [-0.05, 0) is 0 Å². The molecule has 0 unspecified atom stereocenters. The number of carbonyl (C=O) groups is 1. The van der Waals surface area contributed by atoms with E-state index < -0.39 is 6.04 Å². The summed E-state index contributed by atoms with van der Waals surface area (Å²) in [5.41, 5.74) is 6.56. The predicted molar refractivity (Wildman–Crippen MR) is 57.5 cm³/mol. The fourth-order valence-electron chi connectivity index (χ4n) is 1.76. The smallest absolute Gasteiger partial charge is 0.239 e. The van der Waals surface area contributed by atoms with E-state index in [2.05, 4.69) is 20.7 Å². The molecule has 1 aromatic heterocycles. The zero-order valence-electron chi connectivity index (χ0n) is 9.02. The minimum atomic E-state index is -0.525. The number of carbonyl (C=O) groups excluding carboxylic acids is 1. The molecule has 1 aliphatic rings. The first-order chi connectivity index (χ1) is 7.77. The quantitative estimate of drug-likeness (QED) is 0.557. The van der Waals surface area contributed by atoms with Crippen LogP contribution in [0.25, 0.3) is 0 Å². The van der Waals surface area contributed by atoms with E-state index in [1.807, 2.05) is 0 Å². The Morgan fingerprint density at radius 2 is 2.31 bits per heavy atom. The Morgan fingerprint density at radius 1 is 1.56 bits per heavy atom. The fourth-order valence-corrected chi connectivity index (χ4v) is 1.76. The van der Waals surface area contributed by atoms with Crippen molar-refractivity contribution in [2.75, 3.05) is 26.2 Å². The van der Waals surface area contributed by atoms with Gasteiger partial charge in [0.1, 0.15) is 0 Å². The molecule has 0 bridgehead atoms. The lowest BCUT2D eigenvalue weighted by molar-refractivity contribution is -0.133. The summed E-state index contributed by atoms with van der Waals surface area (Å²) in [6.45, 7) is 3.13. The minimum Gasteiger partial charge on any atom is -0.339 e. The van der Waals surface area contributed by atoms with Crippen molar-refractivity contribution >= 4 is 5.91 Å². The Labute approximate surface area is 93.4 Å². The summed E-state index contributed by atoms with van der Waals surface area (Å²) in [5, 5.41) is 13.3. The van der Waals surface area contributed by atoms with Gasteiger partial charge < -0.3 is 16.0 Å². The SMILES string of the molecule is N[C@@H](Cc1cn[nH]n1)C(=O)N1CCNCC1. The number of nitrogens with two attached hydrogens (primary N) is 1. The Morgan fingerprint density at radius 3 is 2.94 bits per heavy atom. The van der Waals surface area contributed by atoms with E-state index in [1.165, 1.54) is 0 Å². The van der Waals surface area contributed by atoms with Gasteiger partial charge in [-0.3, -0.25) is 4.79 Å². The maximum Gasteiger partial charge on any atom is 0.239 e. The summed E-state index contributed by atoms with van der Waals surface area (Å²) in [5.74, 6) is -0.00972. The van der Waals surface area contributed by atoms with Gasteiger partial charge in [-0.25, -0.2) is 0 Å². The number of hydrogen-bond donors (Lipinski definition) is 3. The normalized spacial score (nSPS) is 18.4. The Hall–Kier alpha value is -1.47. The molecule has 2 heterocycles. The van der Waals surface area contributed by atoms with Crippen LogP contribution in [-0.4, -0.2) is 58.4 Å². The minimum absolute atomic E-state index is 0.00972. The standard InChI is InChI=1S/C9H16N6O/c10-8(5-7-6-12-14-13-7)9(16)15-3-1-11-2-4-15/h6,8,11H,1-5,10H2,(H,12,13,14)/t8-/m0/s1. The number of hydrogen-bond acceptors (Lipinski definition) is 5. The molecule has 1 amide bonds. The number of aromatic nitrogens is 3. The van der Waals surface area contributed by atoms with Gasteiger partial charge in [-0.15, -0.1) is 0 Å².